The molecule has 9 heteroatoms. The first-order chi connectivity index (χ1) is 12.3. The first-order valence-electron chi connectivity index (χ1n) is 8.32. The first kappa shape index (κ1) is 18.8. The monoisotopic (exact) mass is 394 g/mol. The van der Waals surface area contributed by atoms with Crippen molar-refractivity contribution in [2.75, 3.05) is 28.8 Å². The van der Waals surface area contributed by atoms with E-state index in [-0.39, 0.29) is 12.2 Å². The second-order valence-electron chi connectivity index (χ2n) is 6.46. The quantitative estimate of drug-likeness (QED) is 0.767. The van der Waals surface area contributed by atoms with E-state index in [9.17, 15) is 13.2 Å². The zero-order chi connectivity index (χ0) is 18.7. The minimum Gasteiger partial charge on any atom is -0.352 e. The van der Waals surface area contributed by atoms with Crippen LogP contribution >= 0.6 is 11.3 Å². The Morgan fingerprint density at radius 1 is 1.42 bits per heavy atom. The van der Waals surface area contributed by atoms with E-state index < -0.39 is 21.8 Å². The minimum atomic E-state index is -3.14. The van der Waals surface area contributed by atoms with Crippen LogP contribution in [0.5, 0.6) is 0 Å². The Labute approximate surface area is 157 Å². The number of amides is 1. The fourth-order valence-electron chi connectivity index (χ4n) is 2.80. The van der Waals surface area contributed by atoms with E-state index in [0.29, 0.717) is 5.69 Å². The number of thiophene rings is 1. The summed E-state index contributed by atoms with van der Waals surface area (Å²) in [6.45, 7) is 1.76. The average molecular weight is 395 g/mol. The van der Waals surface area contributed by atoms with Gasteiger partial charge in [0.05, 0.1) is 23.7 Å². The van der Waals surface area contributed by atoms with Gasteiger partial charge in [0.25, 0.3) is 0 Å². The third kappa shape index (κ3) is 4.80. The highest BCUT2D eigenvalue weighted by Gasteiger charge is 2.19. The third-order valence-electron chi connectivity index (χ3n) is 4.28. The molecule has 0 saturated heterocycles. The lowest BCUT2D eigenvalue weighted by Crippen LogP contribution is -2.37. The number of carbonyl (C=O) groups is 1. The Bertz CT molecular complexity index is 878. The van der Waals surface area contributed by atoms with Gasteiger partial charge in [0.1, 0.15) is 15.7 Å². The molecule has 0 fully saturated rings. The van der Waals surface area contributed by atoms with Gasteiger partial charge in [0.2, 0.25) is 5.91 Å². The standard InChI is InChI=1S/C17H22N4O3S2/c1-26(23,24)9-6-14(18)17(22)20-13-2-3-16(19-10-13)21-7-4-15-12(11-21)5-8-25-15/h2-3,5,8,10,14H,4,6-7,9,11,18H2,1H3,(H,20,22). The maximum atomic E-state index is 12.1. The smallest absolute Gasteiger partial charge is 0.241 e. The number of carbonyl (C=O) groups excluding carboxylic acids is 1. The van der Waals surface area contributed by atoms with Gasteiger partial charge in [0.15, 0.2) is 0 Å². The summed E-state index contributed by atoms with van der Waals surface area (Å²) < 4.78 is 22.3. The molecule has 2 aromatic rings. The van der Waals surface area contributed by atoms with Gasteiger partial charge in [0, 0.05) is 24.2 Å². The topological polar surface area (TPSA) is 105 Å². The molecule has 1 aliphatic rings. The van der Waals surface area contributed by atoms with Gasteiger partial charge < -0.3 is 16.0 Å². The number of fused-ring (bicyclic) bond motifs is 1. The largest absolute Gasteiger partial charge is 0.352 e. The number of hydrogen-bond donors (Lipinski definition) is 2. The van der Waals surface area contributed by atoms with Gasteiger partial charge in [-0.1, -0.05) is 0 Å². The summed E-state index contributed by atoms with van der Waals surface area (Å²) in [5.41, 5.74) is 7.64. The number of anilines is 2. The van der Waals surface area contributed by atoms with Crippen molar-refractivity contribution in [1.82, 2.24) is 4.98 Å². The highest BCUT2D eigenvalue weighted by Crippen LogP contribution is 2.27. The second-order valence-corrected chi connectivity index (χ2v) is 9.72. The molecule has 0 saturated carbocycles. The van der Waals surface area contributed by atoms with Gasteiger partial charge in [-0.3, -0.25) is 4.79 Å². The van der Waals surface area contributed by atoms with Crippen molar-refractivity contribution >= 4 is 38.6 Å². The van der Waals surface area contributed by atoms with Crippen LogP contribution in [0.15, 0.2) is 29.8 Å². The predicted molar refractivity (Wildman–Crippen MR) is 104 cm³/mol. The molecule has 140 valence electrons. The third-order valence-corrected chi connectivity index (χ3v) is 6.28. The molecule has 0 aromatic carbocycles. The molecule has 3 heterocycles. The van der Waals surface area contributed by atoms with Crippen molar-refractivity contribution < 1.29 is 13.2 Å². The highest BCUT2D eigenvalue weighted by atomic mass is 32.2. The summed E-state index contributed by atoms with van der Waals surface area (Å²) in [7, 11) is -3.14. The van der Waals surface area contributed by atoms with Gasteiger partial charge >= 0.3 is 0 Å². The fraction of sp³-hybridized carbons (Fsp3) is 0.412. The summed E-state index contributed by atoms with van der Waals surface area (Å²) in [6, 6.07) is 4.93. The van der Waals surface area contributed by atoms with Crippen molar-refractivity contribution in [3.05, 3.63) is 40.2 Å². The lowest BCUT2D eigenvalue weighted by atomic mass is 10.1. The number of hydrogen-bond acceptors (Lipinski definition) is 7. The van der Waals surface area contributed by atoms with E-state index in [1.165, 1.54) is 10.4 Å². The van der Waals surface area contributed by atoms with E-state index in [4.69, 9.17) is 5.73 Å². The van der Waals surface area contributed by atoms with Crippen LogP contribution in [0, 0.1) is 0 Å². The number of nitrogens with zero attached hydrogens (tertiary/aromatic N) is 2. The highest BCUT2D eigenvalue weighted by molar-refractivity contribution is 7.90. The fourth-order valence-corrected chi connectivity index (χ4v) is 4.37. The maximum Gasteiger partial charge on any atom is 0.241 e. The Hall–Kier alpha value is -1.97. The van der Waals surface area contributed by atoms with Crippen LogP contribution in [0.3, 0.4) is 0 Å². The van der Waals surface area contributed by atoms with Crippen molar-refractivity contribution in [3.8, 4) is 0 Å². The van der Waals surface area contributed by atoms with Gasteiger partial charge in [-0.15, -0.1) is 11.3 Å². The van der Waals surface area contributed by atoms with Crippen molar-refractivity contribution in [3.63, 3.8) is 0 Å². The zero-order valence-corrected chi connectivity index (χ0v) is 16.1. The van der Waals surface area contributed by atoms with Crippen molar-refractivity contribution in [2.24, 2.45) is 5.73 Å². The SMILES string of the molecule is CS(=O)(=O)CCC(N)C(=O)Nc1ccc(N2CCc3sccc3C2)nc1. The first-order valence-corrected chi connectivity index (χ1v) is 11.3. The Balaban J connectivity index is 1.57. The Kier molecular flexibility index (Phi) is 5.59. The number of nitrogens with one attached hydrogen (secondary N) is 1. The van der Waals surface area contributed by atoms with E-state index in [2.05, 4.69) is 26.6 Å². The van der Waals surface area contributed by atoms with Gasteiger partial charge in [-0.2, -0.15) is 0 Å². The van der Waals surface area contributed by atoms with Crippen LogP contribution in [0.25, 0.3) is 0 Å². The molecule has 0 spiro atoms. The summed E-state index contributed by atoms with van der Waals surface area (Å²) >= 11 is 1.80. The van der Waals surface area contributed by atoms with Crippen LogP contribution in [0.4, 0.5) is 11.5 Å². The predicted octanol–water partition coefficient (Wildman–Crippen LogP) is 1.41. The molecule has 3 rings (SSSR count). The van der Waals surface area contributed by atoms with Crippen LogP contribution in [0.2, 0.25) is 0 Å². The molecule has 0 radical (unpaired) electrons. The molecule has 1 aliphatic heterocycles. The molecule has 2 aromatic heterocycles. The number of nitrogens with two attached hydrogens (primary N) is 1. The van der Waals surface area contributed by atoms with Crippen LogP contribution < -0.4 is 16.0 Å². The maximum absolute atomic E-state index is 12.1. The second kappa shape index (κ2) is 7.73. The molecule has 3 N–H and O–H groups in total. The molecule has 7 nitrogen and oxygen atoms in total. The lowest BCUT2D eigenvalue weighted by Gasteiger charge is -2.28. The summed E-state index contributed by atoms with van der Waals surface area (Å²) in [5.74, 6) is 0.337. The molecule has 0 aliphatic carbocycles. The molecule has 0 bridgehead atoms. The number of sulfone groups is 1. The summed E-state index contributed by atoms with van der Waals surface area (Å²) in [6.07, 6.45) is 3.83. The molecule has 26 heavy (non-hydrogen) atoms. The number of pyridine rings is 1. The lowest BCUT2D eigenvalue weighted by molar-refractivity contribution is -0.117. The van der Waals surface area contributed by atoms with Crippen LogP contribution in [-0.4, -0.2) is 43.9 Å². The number of aromatic nitrogens is 1. The molecular formula is C17H22N4O3S2. The van der Waals surface area contributed by atoms with E-state index in [0.717, 1.165) is 31.6 Å². The zero-order valence-electron chi connectivity index (χ0n) is 14.5. The average Bonchev–Trinajstić information content (AvgIpc) is 3.07. The van der Waals surface area contributed by atoms with Gasteiger partial charge in [-0.25, -0.2) is 13.4 Å². The van der Waals surface area contributed by atoms with E-state index >= 15 is 0 Å². The van der Waals surface area contributed by atoms with Crippen molar-refractivity contribution in [1.29, 1.82) is 0 Å². The summed E-state index contributed by atoms with van der Waals surface area (Å²) in [4.78, 5) is 20.1. The Morgan fingerprint density at radius 2 is 2.23 bits per heavy atom. The Morgan fingerprint density at radius 3 is 2.92 bits per heavy atom. The molecule has 1 amide bonds. The summed E-state index contributed by atoms with van der Waals surface area (Å²) in [5, 5.41) is 4.80. The minimum absolute atomic E-state index is 0.0902. The van der Waals surface area contributed by atoms with Gasteiger partial charge in [-0.05, 0) is 42.0 Å². The normalized spacial score (nSPS) is 15.4. The van der Waals surface area contributed by atoms with E-state index in [1.54, 1.807) is 23.6 Å². The molecule has 1 unspecified atom stereocenters. The molecular weight excluding hydrogens is 372 g/mol. The molecule has 1 atom stereocenters. The number of rotatable bonds is 6. The van der Waals surface area contributed by atoms with Crippen LogP contribution in [0.1, 0.15) is 16.9 Å². The van der Waals surface area contributed by atoms with E-state index in [1.807, 2.05) is 6.07 Å². The van der Waals surface area contributed by atoms with Crippen molar-refractivity contribution in [2.45, 2.75) is 25.4 Å². The van der Waals surface area contributed by atoms with Crippen LogP contribution in [-0.2, 0) is 27.6 Å².